The first kappa shape index (κ1) is 14.0. The molecule has 0 aromatic rings. The fourth-order valence-electron chi connectivity index (χ4n) is 2.03. The molecular weight excluding hydrogens is 222 g/mol. The molecule has 5 nitrogen and oxygen atoms in total. The van der Waals surface area contributed by atoms with E-state index in [1.54, 1.807) is 0 Å². The summed E-state index contributed by atoms with van der Waals surface area (Å²) in [6.07, 6.45) is 2.23. The smallest absolute Gasteiger partial charge is 0.311 e. The molecule has 98 valence electrons. The summed E-state index contributed by atoms with van der Waals surface area (Å²) in [4.78, 5) is 23.0. The van der Waals surface area contributed by atoms with Crippen molar-refractivity contribution >= 4 is 11.9 Å². The fraction of sp³-hybridized carbons (Fsp3) is 0.833. The standard InChI is InChI=1S/C12H21NO4/c1-3-12(4-2,11(15)16)8-13-10(14)9-6-5-7-17-9/h9H,3-8H2,1-2H3,(H,13,14)(H,15,16)/t9-/m1/s1. The van der Waals surface area contributed by atoms with Gasteiger partial charge in [0.25, 0.3) is 0 Å². The summed E-state index contributed by atoms with van der Waals surface area (Å²) in [5.41, 5.74) is -0.853. The zero-order chi connectivity index (χ0) is 12.9. The Morgan fingerprint density at radius 2 is 2.06 bits per heavy atom. The first-order valence-corrected chi connectivity index (χ1v) is 6.18. The first-order valence-electron chi connectivity index (χ1n) is 6.18. The molecule has 0 aromatic heterocycles. The maximum Gasteiger partial charge on any atom is 0.311 e. The second kappa shape index (κ2) is 6.00. The summed E-state index contributed by atoms with van der Waals surface area (Å²) in [7, 11) is 0. The Hall–Kier alpha value is -1.10. The van der Waals surface area contributed by atoms with Crippen molar-refractivity contribution in [2.24, 2.45) is 5.41 Å². The molecule has 1 aliphatic heterocycles. The largest absolute Gasteiger partial charge is 0.481 e. The third kappa shape index (κ3) is 3.19. The molecule has 1 atom stereocenters. The van der Waals surface area contributed by atoms with Crippen molar-refractivity contribution in [3.8, 4) is 0 Å². The number of rotatable bonds is 6. The van der Waals surface area contributed by atoms with Crippen LogP contribution in [0.25, 0.3) is 0 Å². The summed E-state index contributed by atoms with van der Waals surface area (Å²) in [6.45, 7) is 4.45. The van der Waals surface area contributed by atoms with E-state index in [0.717, 1.165) is 12.8 Å². The number of carboxylic acid groups (broad SMARTS) is 1. The molecule has 0 spiro atoms. The molecule has 0 bridgehead atoms. The van der Waals surface area contributed by atoms with Crippen LogP contribution in [-0.4, -0.2) is 36.2 Å². The van der Waals surface area contributed by atoms with Crippen LogP contribution in [0.4, 0.5) is 0 Å². The lowest BCUT2D eigenvalue weighted by atomic mass is 9.82. The normalized spacial score (nSPS) is 20.2. The molecule has 0 aliphatic carbocycles. The Labute approximate surface area is 102 Å². The average Bonchev–Trinajstić information content (AvgIpc) is 2.84. The van der Waals surface area contributed by atoms with Gasteiger partial charge in [-0.15, -0.1) is 0 Å². The summed E-state index contributed by atoms with van der Waals surface area (Å²) in [5, 5.41) is 11.9. The highest BCUT2D eigenvalue weighted by molar-refractivity contribution is 5.82. The van der Waals surface area contributed by atoms with Gasteiger partial charge in [-0.3, -0.25) is 9.59 Å². The van der Waals surface area contributed by atoms with Crippen molar-refractivity contribution in [2.45, 2.75) is 45.6 Å². The molecule has 0 saturated carbocycles. The number of carboxylic acids is 1. The number of nitrogens with one attached hydrogen (secondary N) is 1. The summed E-state index contributed by atoms with van der Waals surface area (Å²) in [6, 6.07) is 0. The fourth-order valence-corrected chi connectivity index (χ4v) is 2.03. The third-order valence-electron chi connectivity index (χ3n) is 3.63. The van der Waals surface area contributed by atoms with Crippen molar-refractivity contribution in [3.05, 3.63) is 0 Å². The van der Waals surface area contributed by atoms with E-state index >= 15 is 0 Å². The lowest BCUT2D eigenvalue weighted by molar-refractivity contribution is -0.149. The molecule has 0 aromatic carbocycles. The van der Waals surface area contributed by atoms with Gasteiger partial charge in [0.1, 0.15) is 6.10 Å². The highest BCUT2D eigenvalue weighted by Crippen LogP contribution is 2.26. The van der Waals surface area contributed by atoms with Gasteiger partial charge in [0.2, 0.25) is 5.91 Å². The van der Waals surface area contributed by atoms with Gasteiger partial charge in [-0.2, -0.15) is 0 Å². The number of hydrogen-bond acceptors (Lipinski definition) is 3. The number of hydrogen-bond donors (Lipinski definition) is 2. The van der Waals surface area contributed by atoms with Crippen LogP contribution in [0.15, 0.2) is 0 Å². The van der Waals surface area contributed by atoms with Crippen molar-refractivity contribution in [1.82, 2.24) is 5.32 Å². The van der Waals surface area contributed by atoms with Crippen LogP contribution in [0, 0.1) is 5.41 Å². The minimum absolute atomic E-state index is 0.175. The maximum atomic E-state index is 11.7. The topological polar surface area (TPSA) is 75.6 Å². The second-order valence-electron chi connectivity index (χ2n) is 4.51. The van der Waals surface area contributed by atoms with Crippen LogP contribution in [0.5, 0.6) is 0 Å². The van der Waals surface area contributed by atoms with E-state index in [9.17, 15) is 14.7 Å². The van der Waals surface area contributed by atoms with E-state index in [4.69, 9.17) is 4.74 Å². The molecule has 1 heterocycles. The van der Waals surface area contributed by atoms with Crippen LogP contribution >= 0.6 is 0 Å². The minimum Gasteiger partial charge on any atom is -0.481 e. The summed E-state index contributed by atoms with van der Waals surface area (Å²) in [5.74, 6) is -1.04. The van der Waals surface area contributed by atoms with E-state index in [-0.39, 0.29) is 12.5 Å². The van der Waals surface area contributed by atoms with E-state index in [1.807, 2.05) is 13.8 Å². The van der Waals surface area contributed by atoms with E-state index in [0.29, 0.717) is 19.4 Å². The molecular formula is C12H21NO4. The maximum absolute atomic E-state index is 11.7. The van der Waals surface area contributed by atoms with E-state index in [2.05, 4.69) is 5.32 Å². The Kier molecular flexibility index (Phi) is 4.93. The number of amides is 1. The quantitative estimate of drug-likeness (QED) is 0.734. The Morgan fingerprint density at radius 3 is 2.47 bits per heavy atom. The van der Waals surface area contributed by atoms with Crippen molar-refractivity contribution in [1.29, 1.82) is 0 Å². The lowest BCUT2D eigenvalue weighted by Gasteiger charge is -2.27. The van der Waals surface area contributed by atoms with Gasteiger partial charge in [0.05, 0.1) is 5.41 Å². The van der Waals surface area contributed by atoms with Crippen LogP contribution in [-0.2, 0) is 14.3 Å². The summed E-state index contributed by atoms with van der Waals surface area (Å²) >= 11 is 0. The molecule has 17 heavy (non-hydrogen) atoms. The molecule has 1 aliphatic rings. The zero-order valence-electron chi connectivity index (χ0n) is 10.5. The van der Waals surface area contributed by atoms with Crippen molar-refractivity contribution < 1.29 is 19.4 Å². The molecule has 1 saturated heterocycles. The van der Waals surface area contributed by atoms with Crippen molar-refractivity contribution in [2.75, 3.05) is 13.2 Å². The Morgan fingerprint density at radius 1 is 1.41 bits per heavy atom. The van der Waals surface area contributed by atoms with Crippen LogP contribution < -0.4 is 5.32 Å². The minimum atomic E-state index is -0.853. The van der Waals surface area contributed by atoms with Gasteiger partial charge in [-0.25, -0.2) is 0 Å². The number of aliphatic carboxylic acids is 1. The Bertz CT molecular complexity index is 280. The molecule has 2 N–H and O–H groups in total. The number of ether oxygens (including phenoxy) is 1. The molecule has 1 fully saturated rings. The summed E-state index contributed by atoms with van der Waals surface area (Å²) < 4.78 is 5.25. The van der Waals surface area contributed by atoms with E-state index < -0.39 is 17.5 Å². The predicted molar refractivity (Wildman–Crippen MR) is 62.6 cm³/mol. The molecule has 0 radical (unpaired) electrons. The van der Waals surface area contributed by atoms with Crippen LogP contribution in [0.3, 0.4) is 0 Å². The Balaban J connectivity index is 2.51. The third-order valence-corrected chi connectivity index (χ3v) is 3.63. The van der Waals surface area contributed by atoms with Gasteiger partial charge in [0.15, 0.2) is 0 Å². The second-order valence-corrected chi connectivity index (χ2v) is 4.51. The molecule has 5 heteroatoms. The van der Waals surface area contributed by atoms with E-state index in [1.165, 1.54) is 0 Å². The molecule has 1 amide bonds. The molecule has 1 rings (SSSR count). The van der Waals surface area contributed by atoms with Gasteiger partial charge in [-0.1, -0.05) is 13.8 Å². The van der Waals surface area contributed by atoms with Gasteiger partial charge < -0.3 is 15.2 Å². The van der Waals surface area contributed by atoms with Gasteiger partial charge in [-0.05, 0) is 25.7 Å². The first-order chi connectivity index (χ1) is 8.05. The highest BCUT2D eigenvalue weighted by Gasteiger charge is 2.36. The van der Waals surface area contributed by atoms with Gasteiger partial charge >= 0.3 is 5.97 Å². The number of carbonyl (C=O) groups is 2. The monoisotopic (exact) mass is 243 g/mol. The number of carbonyl (C=O) groups excluding carboxylic acids is 1. The predicted octanol–water partition coefficient (Wildman–Crippen LogP) is 1.17. The average molecular weight is 243 g/mol. The lowest BCUT2D eigenvalue weighted by Crippen LogP contribution is -2.45. The van der Waals surface area contributed by atoms with Gasteiger partial charge in [0, 0.05) is 13.2 Å². The van der Waals surface area contributed by atoms with Crippen molar-refractivity contribution in [3.63, 3.8) is 0 Å². The van der Waals surface area contributed by atoms with Crippen LogP contribution in [0.2, 0.25) is 0 Å². The van der Waals surface area contributed by atoms with Crippen LogP contribution in [0.1, 0.15) is 39.5 Å². The molecule has 0 unspecified atom stereocenters. The zero-order valence-corrected chi connectivity index (χ0v) is 10.5. The SMILES string of the molecule is CCC(CC)(CNC(=O)[C@H]1CCCO1)C(=O)O. The highest BCUT2D eigenvalue weighted by atomic mass is 16.5.